The van der Waals surface area contributed by atoms with E-state index in [4.69, 9.17) is 0 Å². The van der Waals surface area contributed by atoms with Crippen LogP contribution in [0.3, 0.4) is 0 Å². The van der Waals surface area contributed by atoms with E-state index in [1.165, 1.54) is 16.8 Å². The van der Waals surface area contributed by atoms with Crippen molar-refractivity contribution in [3.05, 3.63) is 53.9 Å². The Kier molecular flexibility index (Phi) is 3.17. The lowest BCUT2D eigenvalue weighted by Gasteiger charge is -2.27. The summed E-state index contributed by atoms with van der Waals surface area (Å²) in [4.78, 5) is 4.62. The molecule has 3 heterocycles. The van der Waals surface area contributed by atoms with Gasteiger partial charge in [0.15, 0.2) is 11.7 Å². The van der Waals surface area contributed by atoms with Gasteiger partial charge in [0.25, 0.3) is 0 Å². The molecule has 0 saturated carbocycles. The van der Waals surface area contributed by atoms with Crippen molar-refractivity contribution in [1.29, 1.82) is 0 Å². The fourth-order valence-corrected chi connectivity index (χ4v) is 3.46. The number of aromatic nitrogens is 2. The maximum Gasteiger partial charge on any atom is 0.232 e. The molecule has 0 fully saturated rings. The number of rotatable bonds is 2. The van der Waals surface area contributed by atoms with Crippen molar-refractivity contribution in [3.8, 4) is 11.4 Å². The van der Waals surface area contributed by atoms with Crippen LogP contribution in [-0.2, 0) is 5.54 Å². The van der Waals surface area contributed by atoms with E-state index in [0.717, 1.165) is 18.5 Å². The van der Waals surface area contributed by atoms with Gasteiger partial charge < -0.3 is 0 Å². The standard InChI is InChI=1S/C18H21N2/c1-4-18(5-2)14(3)13-15-9-8-11-19-17(15)16-10-6-7-12-20(16)18/h6-13H,4-5H2,1-3H3/q+1. The first-order valence-corrected chi connectivity index (χ1v) is 7.38. The number of nitrogens with zero attached hydrogens (tertiary/aromatic N) is 2. The molecule has 0 unspecified atom stereocenters. The first-order chi connectivity index (χ1) is 9.73. The maximum atomic E-state index is 4.62. The number of pyridine rings is 2. The van der Waals surface area contributed by atoms with Crippen LogP contribution in [-0.4, -0.2) is 4.98 Å². The summed E-state index contributed by atoms with van der Waals surface area (Å²) in [7, 11) is 0. The van der Waals surface area contributed by atoms with Gasteiger partial charge in [-0.15, -0.1) is 0 Å². The van der Waals surface area contributed by atoms with Crippen molar-refractivity contribution < 1.29 is 4.57 Å². The van der Waals surface area contributed by atoms with E-state index >= 15 is 0 Å². The summed E-state index contributed by atoms with van der Waals surface area (Å²) in [5, 5.41) is 0. The second-order valence-electron chi connectivity index (χ2n) is 5.46. The highest BCUT2D eigenvalue weighted by atomic mass is 15.1. The molecule has 0 amide bonds. The molecule has 2 heteroatoms. The minimum Gasteiger partial charge on any atom is -0.249 e. The molecule has 0 bridgehead atoms. The van der Waals surface area contributed by atoms with Crippen molar-refractivity contribution in [2.45, 2.75) is 39.2 Å². The molecule has 2 aromatic rings. The fraction of sp³-hybridized carbons (Fsp3) is 0.333. The number of allylic oxidation sites excluding steroid dienone is 1. The third-order valence-electron chi connectivity index (χ3n) is 4.68. The Bertz CT molecular complexity index is 667. The molecule has 1 aliphatic heterocycles. The number of hydrogen-bond acceptors (Lipinski definition) is 1. The second kappa shape index (κ2) is 4.86. The van der Waals surface area contributed by atoms with Crippen molar-refractivity contribution in [2.75, 3.05) is 0 Å². The molecule has 2 aromatic heterocycles. The van der Waals surface area contributed by atoms with Crippen LogP contribution in [0.4, 0.5) is 0 Å². The molecule has 0 atom stereocenters. The highest BCUT2D eigenvalue weighted by molar-refractivity contribution is 5.70. The van der Waals surface area contributed by atoms with Gasteiger partial charge in [-0.25, -0.2) is 4.98 Å². The smallest absolute Gasteiger partial charge is 0.232 e. The zero-order chi connectivity index (χ0) is 14.2. The predicted molar refractivity (Wildman–Crippen MR) is 82.1 cm³/mol. The van der Waals surface area contributed by atoms with Crippen LogP contribution >= 0.6 is 0 Å². The average molecular weight is 265 g/mol. The monoisotopic (exact) mass is 265 g/mol. The molecule has 0 saturated heterocycles. The van der Waals surface area contributed by atoms with E-state index < -0.39 is 0 Å². The molecule has 2 nitrogen and oxygen atoms in total. The largest absolute Gasteiger partial charge is 0.249 e. The molecule has 20 heavy (non-hydrogen) atoms. The molecule has 0 radical (unpaired) electrons. The van der Waals surface area contributed by atoms with Gasteiger partial charge in [0.1, 0.15) is 5.69 Å². The molecule has 0 aliphatic carbocycles. The lowest BCUT2D eigenvalue weighted by atomic mass is 9.84. The third kappa shape index (κ3) is 1.71. The van der Waals surface area contributed by atoms with Crippen molar-refractivity contribution in [3.63, 3.8) is 0 Å². The van der Waals surface area contributed by atoms with Gasteiger partial charge in [-0.3, -0.25) is 0 Å². The van der Waals surface area contributed by atoms with Gasteiger partial charge in [-0.05, 0) is 30.7 Å². The van der Waals surface area contributed by atoms with E-state index in [9.17, 15) is 0 Å². The van der Waals surface area contributed by atoms with Crippen LogP contribution in [0.25, 0.3) is 17.5 Å². The summed E-state index contributed by atoms with van der Waals surface area (Å²) in [6, 6.07) is 10.6. The minimum absolute atomic E-state index is 0.0529. The van der Waals surface area contributed by atoms with Crippen LogP contribution in [0.1, 0.15) is 39.2 Å². The first kappa shape index (κ1) is 13.0. The van der Waals surface area contributed by atoms with Crippen LogP contribution in [0.15, 0.2) is 48.3 Å². The number of fused-ring (bicyclic) bond motifs is 3. The fourth-order valence-electron chi connectivity index (χ4n) is 3.46. The van der Waals surface area contributed by atoms with E-state index in [2.05, 4.69) is 66.9 Å². The topological polar surface area (TPSA) is 16.8 Å². The maximum absolute atomic E-state index is 4.62. The Morgan fingerprint density at radius 2 is 1.90 bits per heavy atom. The van der Waals surface area contributed by atoms with Crippen molar-refractivity contribution in [2.24, 2.45) is 0 Å². The SMILES string of the molecule is CCC1(CC)C(C)=Cc2cccnc2-c2cccc[n+]21. The summed E-state index contributed by atoms with van der Waals surface area (Å²) in [5.74, 6) is 0. The van der Waals surface area contributed by atoms with E-state index in [-0.39, 0.29) is 5.54 Å². The van der Waals surface area contributed by atoms with Crippen LogP contribution in [0, 0.1) is 0 Å². The van der Waals surface area contributed by atoms with Crippen LogP contribution in [0.2, 0.25) is 0 Å². The molecular weight excluding hydrogens is 244 g/mol. The van der Waals surface area contributed by atoms with Gasteiger partial charge in [0.05, 0.1) is 0 Å². The zero-order valence-electron chi connectivity index (χ0n) is 12.4. The lowest BCUT2D eigenvalue weighted by molar-refractivity contribution is -0.746. The molecule has 3 rings (SSSR count). The molecule has 0 aromatic carbocycles. The third-order valence-corrected chi connectivity index (χ3v) is 4.68. The summed E-state index contributed by atoms with van der Waals surface area (Å²) < 4.78 is 2.41. The van der Waals surface area contributed by atoms with Gasteiger partial charge in [0.2, 0.25) is 5.69 Å². The number of hydrogen-bond donors (Lipinski definition) is 0. The molecule has 0 N–H and O–H groups in total. The minimum atomic E-state index is 0.0529. The average Bonchev–Trinajstić information content (AvgIpc) is 2.60. The molecule has 1 aliphatic rings. The van der Waals surface area contributed by atoms with Gasteiger partial charge in [0, 0.05) is 36.7 Å². The molecular formula is C18H21N2+. The summed E-state index contributed by atoms with van der Waals surface area (Å²) >= 11 is 0. The zero-order valence-corrected chi connectivity index (χ0v) is 12.4. The summed E-state index contributed by atoms with van der Waals surface area (Å²) in [6.45, 7) is 6.79. The first-order valence-electron chi connectivity index (χ1n) is 7.38. The van der Waals surface area contributed by atoms with E-state index in [0.29, 0.717) is 0 Å². The van der Waals surface area contributed by atoms with Crippen LogP contribution < -0.4 is 4.57 Å². The van der Waals surface area contributed by atoms with Crippen LogP contribution in [0.5, 0.6) is 0 Å². The Hall–Kier alpha value is -1.96. The van der Waals surface area contributed by atoms with Gasteiger partial charge >= 0.3 is 0 Å². The van der Waals surface area contributed by atoms with Gasteiger partial charge in [-0.2, -0.15) is 4.57 Å². The molecule has 0 spiro atoms. The lowest BCUT2D eigenvalue weighted by Crippen LogP contribution is -2.57. The van der Waals surface area contributed by atoms with Crippen molar-refractivity contribution >= 4 is 6.08 Å². The Morgan fingerprint density at radius 1 is 1.10 bits per heavy atom. The second-order valence-corrected chi connectivity index (χ2v) is 5.46. The summed E-state index contributed by atoms with van der Waals surface area (Å²) in [6.07, 6.45) is 8.55. The predicted octanol–water partition coefficient (Wildman–Crippen LogP) is 3.97. The Labute approximate surface area is 120 Å². The van der Waals surface area contributed by atoms with E-state index in [1.54, 1.807) is 0 Å². The summed E-state index contributed by atoms with van der Waals surface area (Å²) in [5.41, 5.74) is 4.97. The normalized spacial score (nSPS) is 15.8. The molecule has 102 valence electrons. The highest BCUT2D eigenvalue weighted by Crippen LogP contribution is 2.35. The Morgan fingerprint density at radius 3 is 2.65 bits per heavy atom. The Balaban J connectivity index is 2.41. The highest BCUT2D eigenvalue weighted by Gasteiger charge is 2.42. The van der Waals surface area contributed by atoms with E-state index in [1.807, 2.05) is 12.3 Å². The van der Waals surface area contributed by atoms with Gasteiger partial charge in [-0.1, -0.05) is 19.9 Å². The van der Waals surface area contributed by atoms with Crippen molar-refractivity contribution in [1.82, 2.24) is 4.98 Å². The quantitative estimate of drug-likeness (QED) is 0.751.